The fourth-order valence-corrected chi connectivity index (χ4v) is 2.18. The van der Waals surface area contributed by atoms with E-state index in [9.17, 15) is 14.9 Å². The molecule has 0 bridgehead atoms. The van der Waals surface area contributed by atoms with Gasteiger partial charge in [-0.3, -0.25) is 19.6 Å². The minimum absolute atomic E-state index is 0.0891. The summed E-state index contributed by atoms with van der Waals surface area (Å²) in [6.07, 6.45) is 2.32. The molecule has 1 amide bonds. The van der Waals surface area contributed by atoms with E-state index in [4.69, 9.17) is 0 Å². The Bertz CT molecular complexity index is 668. The van der Waals surface area contributed by atoms with Crippen LogP contribution in [0.5, 0.6) is 0 Å². The van der Waals surface area contributed by atoms with Gasteiger partial charge in [0.05, 0.1) is 10.6 Å². The molecule has 0 saturated carbocycles. The van der Waals surface area contributed by atoms with Gasteiger partial charge in [0.1, 0.15) is 18.9 Å². The average molecular weight is 339 g/mol. The lowest BCUT2D eigenvalue weighted by Gasteiger charge is -2.08. The van der Waals surface area contributed by atoms with Crippen LogP contribution in [0, 0.1) is 17.0 Å². The predicted octanol–water partition coefficient (Wildman–Crippen LogP) is 2.50. The molecule has 1 heterocycles. The largest absolute Gasteiger partial charge is 0.323 e. The van der Waals surface area contributed by atoms with Crippen molar-refractivity contribution in [2.45, 2.75) is 13.5 Å². The number of nitro groups is 1. The van der Waals surface area contributed by atoms with E-state index in [0.717, 1.165) is 16.2 Å². The zero-order valence-electron chi connectivity index (χ0n) is 10.5. The van der Waals surface area contributed by atoms with Gasteiger partial charge in [0.15, 0.2) is 0 Å². The lowest BCUT2D eigenvalue weighted by atomic mass is 10.2. The Morgan fingerprint density at radius 2 is 2.30 bits per heavy atom. The molecule has 0 fully saturated rings. The van der Waals surface area contributed by atoms with Crippen LogP contribution in [0.25, 0.3) is 0 Å². The molecule has 0 spiro atoms. The number of carbonyl (C=O) groups excluding carboxylic acids is 1. The maximum absolute atomic E-state index is 11.8. The van der Waals surface area contributed by atoms with Crippen LogP contribution in [0.1, 0.15) is 5.56 Å². The second-order valence-corrected chi connectivity index (χ2v) is 5.04. The summed E-state index contributed by atoms with van der Waals surface area (Å²) < 4.78 is 1.99. The van der Waals surface area contributed by atoms with Gasteiger partial charge in [0.25, 0.3) is 0 Å². The normalized spacial score (nSPS) is 10.3. The number of aromatic nitrogens is 2. The Hall–Kier alpha value is -2.22. The number of hydrogen-bond acceptors (Lipinski definition) is 4. The number of rotatable bonds is 4. The van der Waals surface area contributed by atoms with Crippen molar-refractivity contribution in [3.63, 3.8) is 0 Å². The van der Waals surface area contributed by atoms with Gasteiger partial charge < -0.3 is 5.32 Å². The molecule has 104 valence electrons. The van der Waals surface area contributed by atoms with Crippen LogP contribution in [0.2, 0.25) is 0 Å². The second-order valence-electron chi connectivity index (χ2n) is 4.18. The van der Waals surface area contributed by atoms with E-state index in [-0.39, 0.29) is 18.1 Å². The smallest absolute Gasteiger partial charge is 0.307 e. The maximum Gasteiger partial charge on any atom is 0.307 e. The number of nitrogens with one attached hydrogen (secondary N) is 1. The van der Waals surface area contributed by atoms with Crippen molar-refractivity contribution in [1.29, 1.82) is 0 Å². The molecule has 1 aromatic heterocycles. The monoisotopic (exact) mass is 338 g/mol. The number of carbonyl (C=O) groups is 1. The first-order chi connectivity index (χ1) is 9.45. The minimum atomic E-state index is -0.558. The highest BCUT2D eigenvalue weighted by molar-refractivity contribution is 9.10. The number of benzene rings is 1. The van der Waals surface area contributed by atoms with Crippen LogP contribution in [0.4, 0.5) is 11.4 Å². The molecule has 0 aliphatic heterocycles. The number of halogens is 1. The van der Waals surface area contributed by atoms with Gasteiger partial charge in [0, 0.05) is 4.47 Å². The fourth-order valence-electron chi connectivity index (χ4n) is 1.59. The Morgan fingerprint density at radius 1 is 1.55 bits per heavy atom. The number of hydrogen-bond donors (Lipinski definition) is 1. The van der Waals surface area contributed by atoms with Gasteiger partial charge in [0.2, 0.25) is 5.91 Å². The molecular formula is C12H11BrN4O3. The third-order valence-corrected chi connectivity index (χ3v) is 3.19. The number of nitrogens with zero attached hydrogens (tertiary/aromatic N) is 3. The SMILES string of the molecule is Cc1ccc(NC(=O)Cn2cc([N+](=O)[O-])cn2)c(Br)c1. The summed E-state index contributed by atoms with van der Waals surface area (Å²) >= 11 is 3.36. The summed E-state index contributed by atoms with van der Waals surface area (Å²) in [6, 6.07) is 5.54. The van der Waals surface area contributed by atoms with Crippen LogP contribution in [-0.4, -0.2) is 20.6 Å². The molecule has 1 N–H and O–H groups in total. The molecule has 7 nitrogen and oxygen atoms in total. The van der Waals surface area contributed by atoms with E-state index >= 15 is 0 Å². The van der Waals surface area contributed by atoms with Gasteiger partial charge in [-0.1, -0.05) is 6.07 Å². The first kappa shape index (κ1) is 14.2. The molecule has 2 rings (SSSR count). The van der Waals surface area contributed by atoms with Crippen LogP contribution in [-0.2, 0) is 11.3 Å². The maximum atomic E-state index is 11.8. The highest BCUT2D eigenvalue weighted by Gasteiger charge is 2.12. The van der Waals surface area contributed by atoms with Gasteiger partial charge in [-0.2, -0.15) is 5.10 Å². The van der Waals surface area contributed by atoms with E-state index < -0.39 is 4.92 Å². The summed E-state index contributed by atoms with van der Waals surface area (Å²) in [6.45, 7) is 1.85. The molecule has 20 heavy (non-hydrogen) atoms. The quantitative estimate of drug-likeness (QED) is 0.684. The van der Waals surface area contributed by atoms with Crippen LogP contribution >= 0.6 is 15.9 Å². The van der Waals surface area contributed by atoms with E-state index in [1.165, 1.54) is 10.9 Å². The van der Waals surface area contributed by atoms with Crippen LogP contribution < -0.4 is 5.32 Å². The number of aryl methyl sites for hydroxylation is 1. The van der Waals surface area contributed by atoms with E-state index in [0.29, 0.717) is 5.69 Å². The molecule has 0 aliphatic carbocycles. The third-order valence-electron chi connectivity index (χ3n) is 2.53. The highest BCUT2D eigenvalue weighted by atomic mass is 79.9. The Kier molecular flexibility index (Phi) is 4.14. The van der Waals surface area contributed by atoms with Crippen LogP contribution in [0.15, 0.2) is 35.1 Å². The summed E-state index contributed by atoms with van der Waals surface area (Å²) in [7, 11) is 0. The van der Waals surface area contributed by atoms with Gasteiger partial charge >= 0.3 is 5.69 Å². The van der Waals surface area contributed by atoms with Crippen molar-refractivity contribution in [2.75, 3.05) is 5.32 Å². The Morgan fingerprint density at radius 3 is 2.90 bits per heavy atom. The molecule has 1 aromatic carbocycles. The lowest BCUT2D eigenvalue weighted by molar-refractivity contribution is -0.385. The predicted molar refractivity (Wildman–Crippen MR) is 76.4 cm³/mol. The van der Waals surface area contributed by atoms with E-state index in [2.05, 4.69) is 26.3 Å². The summed E-state index contributed by atoms with van der Waals surface area (Å²) in [5.74, 6) is -0.312. The molecule has 0 saturated heterocycles. The molecule has 0 aliphatic rings. The Balaban J connectivity index is 2.03. The van der Waals surface area contributed by atoms with Crippen molar-refractivity contribution in [1.82, 2.24) is 9.78 Å². The zero-order chi connectivity index (χ0) is 14.7. The molecule has 2 aromatic rings. The fraction of sp³-hybridized carbons (Fsp3) is 0.167. The first-order valence-electron chi connectivity index (χ1n) is 5.68. The summed E-state index contributed by atoms with van der Waals surface area (Å²) in [5.41, 5.74) is 1.56. The molecule has 8 heteroatoms. The Labute approximate surface area is 122 Å². The standard InChI is InChI=1S/C12H11BrN4O3/c1-8-2-3-11(10(13)4-8)15-12(18)7-16-6-9(5-14-16)17(19)20/h2-6H,7H2,1H3,(H,15,18). The second kappa shape index (κ2) is 5.83. The van der Waals surface area contributed by atoms with Gasteiger partial charge in [-0.05, 0) is 40.5 Å². The molecule has 0 unspecified atom stereocenters. The van der Waals surface area contributed by atoms with Crippen molar-refractivity contribution < 1.29 is 9.72 Å². The van der Waals surface area contributed by atoms with Crippen LogP contribution in [0.3, 0.4) is 0 Å². The number of amides is 1. The summed E-state index contributed by atoms with van der Waals surface area (Å²) in [4.78, 5) is 21.8. The average Bonchev–Trinajstić information content (AvgIpc) is 2.81. The zero-order valence-corrected chi connectivity index (χ0v) is 12.1. The van der Waals surface area contributed by atoms with Crippen molar-refractivity contribution in [3.05, 3.63) is 50.7 Å². The summed E-state index contributed by atoms with van der Waals surface area (Å²) in [5, 5.41) is 17.0. The minimum Gasteiger partial charge on any atom is -0.323 e. The first-order valence-corrected chi connectivity index (χ1v) is 6.48. The van der Waals surface area contributed by atoms with Crippen molar-refractivity contribution in [3.8, 4) is 0 Å². The topological polar surface area (TPSA) is 90.1 Å². The van der Waals surface area contributed by atoms with Gasteiger partial charge in [-0.25, -0.2) is 0 Å². The van der Waals surface area contributed by atoms with E-state index in [1.807, 2.05) is 19.1 Å². The molecular weight excluding hydrogens is 328 g/mol. The van der Waals surface area contributed by atoms with Crippen molar-refractivity contribution >= 4 is 33.2 Å². The van der Waals surface area contributed by atoms with E-state index in [1.54, 1.807) is 6.07 Å². The lowest BCUT2D eigenvalue weighted by Crippen LogP contribution is -2.19. The molecule has 0 radical (unpaired) electrons. The van der Waals surface area contributed by atoms with Crippen molar-refractivity contribution in [2.24, 2.45) is 0 Å². The highest BCUT2D eigenvalue weighted by Crippen LogP contribution is 2.23. The van der Waals surface area contributed by atoms with Gasteiger partial charge in [-0.15, -0.1) is 0 Å². The third kappa shape index (κ3) is 3.41. The number of anilines is 1. The molecule has 0 atom stereocenters.